The number of carbonyl (C=O) groups excluding carboxylic acids is 5. The molecule has 8 rings (SSSR count). The summed E-state index contributed by atoms with van der Waals surface area (Å²) in [5.74, 6) is -2.19. The van der Waals surface area contributed by atoms with Crippen molar-refractivity contribution < 1.29 is 47.3 Å². The van der Waals surface area contributed by atoms with Gasteiger partial charge in [-0.2, -0.15) is 5.10 Å². The molecule has 320 valence electrons. The molecular weight excluding hydrogens is 838 g/mol. The number of piperidine rings is 2. The second-order valence-electron chi connectivity index (χ2n) is 14.8. The van der Waals surface area contributed by atoms with Crippen LogP contribution in [0.25, 0.3) is 11.1 Å². The lowest BCUT2D eigenvalue weighted by Crippen LogP contribution is -2.54. The van der Waals surface area contributed by atoms with E-state index in [9.17, 15) is 28.4 Å². The number of halogens is 3. The van der Waals surface area contributed by atoms with Crippen molar-refractivity contribution >= 4 is 58.6 Å². The normalized spacial score (nSPS) is 19.0. The van der Waals surface area contributed by atoms with Crippen LogP contribution in [0.1, 0.15) is 64.2 Å². The summed E-state index contributed by atoms with van der Waals surface area (Å²) in [6.07, 6.45) is 6.73. The second-order valence-corrected chi connectivity index (χ2v) is 15.6. The zero-order valence-corrected chi connectivity index (χ0v) is 34.2. The van der Waals surface area contributed by atoms with Gasteiger partial charge in [0.05, 0.1) is 65.4 Å². The van der Waals surface area contributed by atoms with Crippen molar-refractivity contribution in [1.82, 2.24) is 35.2 Å². The number of amides is 5. The highest BCUT2D eigenvalue weighted by molar-refractivity contribution is 6.36. The first kappa shape index (κ1) is 42.0. The molecule has 4 aliphatic rings. The molecule has 17 nitrogen and oxygen atoms in total. The number of imide groups is 2. The van der Waals surface area contributed by atoms with Gasteiger partial charge in [-0.15, -0.1) is 0 Å². The first-order chi connectivity index (χ1) is 29.5. The lowest BCUT2D eigenvalue weighted by atomic mass is 10.0. The number of aromatic nitrogens is 3. The molecule has 0 spiro atoms. The minimum Gasteiger partial charge on any atom is -0.484 e. The second kappa shape index (κ2) is 18.5. The predicted molar refractivity (Wildman–Crippen MR) is 217 cm³/mol. The van der Waals surface area contributed by atoms with Crippen LogP contribution in [-0.2, 0) is 23.9 Å². The Morgan fingerprint density at radius 1 is 0.934 bits per heavy atom. The van der Waals surface area contributed by atoms with Crippen molar-refractivity contribution in [2.24, 2.45) is 0 Å². The van der Waals surface area contributed by atoms with Gasteiger partial charge in [0.1, 0.15) is 17.6 Å². The zero-order valence-electron chi connectivity index (χ0n) is 32.7. The van der Waals surface area contributed by atoms with E-state index in [1.807, 2.05) is 23.1 Å². The quantitative estimate of drug-likeness (QED) is 0.0826. The van der Waals surface area contributed by atoms with Gasteiger partial charge in [-0.05, 0) is 55.7 Å². The van der Waals surface area contributed by atoms with E-state index in [0.29, 0.717) is 37.0 Å². The Morgan fingerprint density at radius 3 is 2.52 bits per heavy atom. The van der Waals surface area contributed by atoms with E-state index in [-0.39, 0.29) is 65.6 Å². The molecule has 4 aliphatic heterocycles. The van der Waals surface area contributed by atoms with Gasteiger partial charge in [0, 0.05) is 56.1 Å². The van der Waals surface area contributed by atoms with E-state index in [2.05, 4.69) is 30.9 Å². The van der Waals surface area contributed by atoms with Crippen LogP contribution >= 0.6 is 23.2 Å². The van der Waals surface area contributed by atoms with E-state index < -0.39 is 47.6 Å². The maximum absolute atomic E-state index is 14.1. The molecule has 2 atom stereocenters. The monoisotopic (exact) mass is 878 g/mol. The highest BCUT2D eigenvalue weighted by atomic mass is 35.5. The molecule has 0 saturated carbocycles. The molecule has 0 bridgehead atoms. The van der Waals surface area contributed by atoms with Gasteiger partial charge < -0.3 is 34.5 Å². The average Bonchev–Trinajstić information content (AvgIpc) is 3.98. The Labute approximate surface area is 358 Å². The molecule has 6 heterocycles. The topological polar surface area (TPSA) is 196 Å². The molecule has 5 amide bonds. The molecule has 1 unspecified atom stereocenters. The number of anilines is 1. The SMILES string of the molecule is O=C(COc1ccc2c(c1)C(=O)N(C1CCC(=O)NC1=O)C2=O)NCCOCCOCCN1CCC(n2cc(-c3cnc4c(c3)O[C@@H](c3c(Cl)ccc(F)c3Cl)N4)cn2)CC1. The third-order valence-electron chi connectivity index (χ3n) is 10.8. The number of nitrogens with zero attached hydrogens (tertiary/aromatic N) is 5. The summed E-state index contributed by atoms with van der Waals surface area (Å²) in [5.41, 5.74) is 2.22. The molecule has 0 radical (unpaired) electrons. The Kier molecular flexibility index (Phi) is 12.8. The van der Waals surface area contributed by atoms with Gasteiger partial charge in [0.2, 0.25) is 18.0 Å². The minimum atomic E-state index is -1.07. The van der Waals surface area contributed by atoms with Crippen LogP contribution in [-0.4, -0.2) is 119 Å². The number of hydrogen-bond acceptors (Lipinski definition) is 13. The molecule has 20 heteroatoms. The van der Waals surface area contributed by atoms with Gasteiger partial charge in [-0.1, -0.05) is 23.2 Å². The van der Waals surface area contributed by atoms with Crippen LogP contribution < -0.4 is 25.4 Å². The fourth-order valence-corrected chi connectivity index (χ4v) is 8.18. The summed E-state index contributed by atoms with van der Waals surface area (Å²) in [4.78, 5) is 69.7. The molecule has 2 aromatic heterocycles. The minimum absolute atomic E-state index is 0.0252. The first-order valence-electron chi connectivity index (χ1n) is 19.8. The van der Waals surface area contributed by atoms with E-state index in [0.717, 1.165) is 48.5 Å². The number of rotatable bonds is 16. The molecule has 3 N–H and O–H groups in total. The summed E-state index contributed by atoms with van der Waals surface area (Å²) in [7, 11) is 0. The number of ether oxygens (including phenoxy) is 4. The molecule has 4 aromatic rings. The lowest BCUT2D eigenvalue weighted by Gasteiger charge is -2.31. The summed E-state index contributed by atoms with van der Waals surface area (Å²) in [5, 5.41) is 12.8. The number of fused-ring (bicyclic) bond motifs is 2. The maximum Gasteiger partial charge on any atom is 0.262 e. The Morgan fingerprint density at radius 2 is 1.72 bits per heavy atom. The maximum atomic E-state index is 14.1. The van der Waals surface area contributed by atoms with Crippen molar-refractivity contribution in [2.45, 2.75) is 44.0 Å². The van der Waals surface area contributed by atoms with Gasteiger partial charge in [0.25, 0.3) is 17.7 Å². The largest absolute Gasteiger partial charge is 0.484 e. The molecule has 61 heavy (non-hydrogen) atoms. The van der Waals surface area contributed by atoms with Gasteiger partial charge in [0.15, 0.2) is 18.2 Å². The lowest BCUT2D eigenvalue weighted by molar-refractivity contribution is -0.136. The fraction of sp³-hybridized carbons (Fsp3) is 0.390. The molecule has 2 saturated heterocycles. The van der Waals surface area contributed by atoms with Crippen LogP contribution in [0.5, 0.6) is 11.5 Å². The van der Waals surface area contributed by atoms with Crippen LogP contribution in [0.3, 0.4) is 0 Å². The Bertz CT molecular complexity index is 2360. The molecule has 2 fully saturated rings. The van der Waals surface area contributed by atoms with Crippen LogP contribution in [0.15, 0.2) is 55.0 Å². The van der Waals surface area contributed by atoms with Gasteiger partial charge in [-0.3, -0.25) is 38.9 Å². The summed E-state index contributed by atoms with van der Waals surface area (Å²) in [6, 6.07) is 7.95. The van der Waals surface area contributed by atoms with E-state index in [4.69, 9.17) is 42.1 Å². The van der Waals surface area contributed by atoms with E-state index in [1.165, 1.54) is 30.3 Å². The average molecular weight is 880 g/mol. The molecule has 0 aliphatic carbocycles. The number of likely N-dealkylation sites (tertiary alicyclic amines) is 1. The predicted octanol–water partition coefficient (Wildman–Crippen LogP) is 4.16. The fourth-order valence-electron chi connectivity index (χ4n) is 7.61. The number of benzene rings is 2. The zero-order chi connectivity index (χ0) is 42.6. The summed E-state index contributed by atoms with van der Waals surface area (Å²) < 4.78 is 39.0. The van der Waals surface area contributed by atoms with E-state index >= 15 is 0 Å². The highest BCUT2D eigenvalue weighted by Gasteiger charge is 2.44. The summed E-state index contributed by atoms with van der Waals surface area (Å²) in [6.45, 7) is 4.16. The van der Waals surface area contributed by atoms with Crippen molar-refractivity contribution in [3.8, 4) is 22.6 Å². The van der Waals surface area contributed by atoms with Gasteiger partial charge in [-0.25, -0.2) is 9.37 Å². The summed E-state index contributed by atoms with van der Waals surface area (Å²) >= 11 is 12.5. The van der Waals surface area contributed by atoms with Crippen LogP contribution in [0, 0.1) is 5.82 Å². The first-order valence-corrected chi connectivity index (χ1v) is 20.5. The van der Waals surface area contributed by atoms with Crippen LogP contribution in [0.2, 0.25) is 10.0 Å². The smallest absolute Gasteiger partial charge is 0.262 e. The van der Waals surface area contributed by atoms with Crippen molar-refractivity contribution in [3.05, 3.63) is 87.5 Å². The third-order valence-corrected chi connectivity index (χ3v) is 11.6. The number of pyridine rings is 1. The Hall–Kier alpha value is -5.66. The van der Waals surface area contributed by atoms with Gasteiger partial charge >= 0.3 is 0 Å². The highest BCUT2D eigenvalue weighted by Crippen LogP contribution is 2.43. The van der Waals surface area contributed by atoms with Crippen molar-refractivity contribution in [1.29, 1.82) is 0 Å². The third kappa shape index (κ3) is 9.33. The number of hydrogen-bond donors (Lipinski definition) is 3. The Balaban J connectivity index is 0.676. The van der Waals surface area contributed by atoms with Crippen molar-refractivity contribution in [3.63, 3.8) is 0 Å². The molecular formula is C41H41Cl2FN8O9. The standard InChI is InChI=1S/C41H41Cl2FN8O9/c42-29-3-4-30(44)36(43)35(29)39-49-37-32(61-39)17-23(19-46-37)24-20-47-51(21-24)25-7-10-50(11-8-25)12-14-59-16-15-58-13-9-45-34(54)22-60-26-1-2-27-28(18-26)41(57)52(40(27)56)31-5-6-33(53)48-38(31)55/h1-4,17-21,25,31,39H,5-16,22H2,(H,45,54)(H,46,49)(H,48,53,55)/t31?,39-/m0/s1. The number of nitrogens with one attached hydrogen (secondary N) is 3. The number of carbonyl (C=O) groups is 5. The van der Waals surface area contributed by atoms with E-state index in [1.54, 1.807) is 6.20 Å². The molecule has 2 aromatic carbocycles. The van der Waals surface area contributed by atoms with Crippen molar-refractivity contribution in [2.75, 3.05) is 64.5 Å². The van der Waals surface area contributed by atoms with Crippen LogP contribution in [0.4, 0.5) is 10.2 Å².